The summed E-state index contributed by atoms with van der Waals surface area (Å²) < 4.78 is 1.75. The molecule has 3 N–H and O–H groups in total. The van der Waals surface area contributed by atoms with E-state index >= 15 is 0 Å². The van der Waals surface area contributed by atoms with Crippen molar-refractivity contribution in [2.45, 2.75) is 25.4 Å². The van der Waals surface area contributed by atoms with Gasteiger partial charge in [0.05, 0.1) is 0 Å². The van der Waals surface area contributed by atoms with E-state index in [-0.39, 0.29) is 5.88 Å². The summed E-state index contributed by atoms with van der Waals surface area (Å²) in [5.41, 5.74) is 2.90. The van der Waals surface area contributed by atoms with Gasteiger partial charge in [-0.1, -0.05) is 24.3 Å². The van der Waals surface area contributed by atoms with E-state index in [1.807, 2.05) is 0 Å². The van der Waals surface area contributed by atoms with Crippen LogP contribution in [0.15, 0.2) is 30.6 Å². The first-order valence-electron chi connectivity index (χ1n) is 7.00. The first-order valence-corrected chi connectivity index (χ1v) is 7.00. The lowest BCUT2D eigenvalue weighted by atomic mass is 10.1. The number of imidazole rings is 1. The Bertz CT molecular complexity index is 568. The lowest BCUT2D eigenvalue weighted by Crippen LogP contribution is -2.32. The van der Waals surface area contributed by atoms with Crippen LogP contribution in [0.5, 0.6) is 5.88 Å². The van der Waals surface area contributed by atoms with Gasteiger partial charge in [-0.3, -0.25) is 4.57 Å². The lowest BCUT2D eigenvalue weighted by molar-refractivity contribution is 0.408. The molecule has 0 unspecified atom stereocenters. The summed E-state index contributed by atoms with van der Waals surface area (Å²) in [5, 5.41) is 16.3. The van der Waals surface area contributed by atoms with Crippen LogP contribution in [0.3, 0.4) is 0 Å². The Hall–Kier alpha value is -2.01. The lowest BCUT2D eigenvalue weighted by Gasteiger charge is -2.12. The van der Waals surface area contributed by atoms with E-state index in [0.29, 0.717) is 18.4 Å². The molecule has 0 amide bonds. The van der Waals surface area contributed by atoms with E-state index in [0.717, 1.165) is 19.4 Å². The minimum absolute atomic E-state index is 0.198. The molecular formula is C15H20N4O. The highest BCUT2D eigenvalue weighted by Gasteiger charge is 2.20. The second-order valence-electron chi connectivity index (χ2n) is 5.19. The largest absolute Gasteiger partial charge is 0.492 e. The molecule has 1 aromatic heterocycles. The summed E-state index contributed by atoms with van der Waals surface area (Å²) in [6, 6.07) is 9.12. The Morgan fingerprint density at radius 3 is 2.60 bits per heavy atom. The van der Waals surface area contributed by atoms with Gasteiger partial charge in [0.1, 0.15) is 6.33 Å². The fraction of sp³-hybridized carbons (Fsp3) is 0.400. The van der Waals surface area contributed by atoms with Crippen LogP contribution in [0.2, 0.25) is 0 Å². The van der Waals surface area contributed by atoms with Gasteiger partial charge < -0.3 is 15.7 Å². The molecule has 0 saturated heterocycles. The minimum atomic E-state index is 0.198. The first-order chi connectivity index (χ1) is 9.78. The quantitative estimate of drug-likeness (QED) is 0.769. The van der Waals surface area contributed by atoms with Gasteiger partial charge in [0.15, 0.2) is 5.82 Å². The van der Waals surface area contributed by atoms with Crippen molar-refractivity contribution in [3.8, 4) is 5.88 Å². The van der Waals surface area contributed by atoms with Crippen LogP contribution in [-0.4, -0.2) is 34.3 Å². The topological polar surface area (TPSA) is 62.1 Å². The molecule has 106 valence electrons. The molecule has 2 aromatic rings. The van der Waals surface area contributed by atoms with Crippen LogP contribution in [-0.2, 0) is 19.4 Å². The summed E-state index contributed by atoms with van der Waals surface area (Å²) in [6.07, 6.45) is 3.84. The number of hydrogen-bond donors (Lipinski definition) is 3. The van der Waals surface area contributed by atoms with E-state index in [9.17, 15) is 5.11 Å². The molecule has 1 aliphatic rings. The van der Waals surface area contributed by atoms with E-state index in [2.05, 4.69) is 39.9 Å². The van der Waals surface area contributed by atoms with Crippen molar-refractivity contribution in [1.82, 2.24) is 14.9 Å². The molecule has 5 nitrogen and oxygen atoms in total. The number of hydrogen-bond acceptors (Lipinski definition) is 4. The molecule has 3 rings (SSSR count). The average molecular weight is 272 g/mol. The Kier molecular flexibility index (Phi) is 3.60. The van der Waals surface area contributed by atoms with Crippen molar-refractivity contribution in [3.63, 3.8) is 0 Å². The predicted molar refractivity (Wildman–Crippen MR) is 79.1 cm³/mol. The maximum absolute atomic E-state index is 9.87. The summed E-state index contributed by atoms with van der Waals surface area (Å²) >= 11 is 0. The Morgan fingerprint density at radius 1 is 1.30 bits per heavy atom. The molecule has 1 heterocycles. The minimum Gasteiger partial charge on any atom is -0.492 e. The van der Waals surface area contributed by atoms with Crippen molar-refractivity contribution in [2.75, 3.05) is 18.9 Å². The molecule has 0 bridgehead atoms. The SMILES string of the molecule is CNc1ncn(CCNC2Cc3ccccc3C2)c1O. The van der Waals surface area contributed by atoms with Crippen LogP contribution in [0.1, 0.15) is 11.1 Å². The molecule has 0 atom stereocenters. The van der Waals surface area contributed by atoms with Crippen molar-refractivity contribution in [3.05, 3.63) is 41.7 Å². The van der Waals surface area contributed by atoms with Crippen LogP contribution < -0.4 is 10.6 Å². The van der Waals surface area contributed by atoms with Gasteiger partial charge in [-0.05, 0) is 24.0 Å². The zero-order chi connectivity index (χ0) is 13.9. The van der Waals surface area contributed by atoms with Gasteiger partial charge in [-0.2, -0.15) is 0 Å². The van der Waals surface area contributed by atoms with Gasteiger partial charge in [-0.25, -0.2) is 4.98 Å². The molecule has 20 heavy (non-hydrogen) atoms. The normalized spacial score (nSPS) is 14.4. The molecule has 0 aliphatic heterocycles. The predicted octanol–water partition coefficient (Wildman–Crippen LogP) is 1.39. The third-order valence-electron chi connectivity index (χ3n) is 3.88. The Morgan fingerprint density at radius 2 is 2.00 bits per heavy atom. The first kappa shape index (κ1) is 13.0. The molecule has 0 saturated carbocycles. The maximum atomic E-state index is 9.87. The van der Waals surface area contributed by atoms with Crippen LogP contribution in [0, 0.1) is 0 Å². The second-order valence-corrected chi connectivity index (χ2v) is 5.19. The Balaban J connectivity index is 1.51. The van der Waals surface area contributed by atoms with E-state index in [1.165, 1.54) is 11.1 Å². The Labute approximate surface area is 118 Å². The number of anilines is 1. The van der Waals surface area contributed by atoms with Crippen molar-refractivity contribution >= 4 is 5.82 Å². The van der Waals surface area contributed by atoms with Gasteiger partial charge >= 0.3 is 0 Å². The highest BCUT2D eigenvalue weighted by atomic mass is 16.3. The maximum Gasteiger partial charge on any atom is 0.236 e. The van der Waals surface area contributed by atoms with Crippen LogP contribution >= 0.6 is 0 Å². The number of fused-ring (bicyclic) bond motifs is 1. The molecule has 0 radical (unpaired) electrons. The zero-order valence-corrected chi connectivity index (χ0v) is 11.6. The summed E-state index contributed by atoms with van der Waals surface area (Å²) in [7, 11) is 1.75. The van der Waals surface area contributed by atoms with Crippen molar-refractivity contribution in [1.29, 1.82) is 0 Å². The highest BCUT2D eigenvalue weighted by Crippen LogP contribution is 2.22. The second kappa shape index (κ2) is 5.54. The standard InChI is InChI=1S/C15H20N4O/c1-16-14-15(20)19(10-18-14)7-6-17-13-8-11-4-2-3-5-12(11)9-13/h2-5,10,13,16-17,20H,6-9H2,1H3. The highest BCUT2D eigenvalue weighted by molar-refractivity contribution is 5.44. The van der Waals surface area contributed by atoms with Gasteiger partial charge in [-0.15, -0.1) is 0 Å². The van der Waals surface area contributed by atoms with E-state index in [1.54, 1.807) is 17.9 Å². The number of aromatic hydroxyl groups is 1. The van der Waals surface area contributed by atoms with Crippen LogP contribution in [0.25, 0.3) is 0 Å². The number of nitrogens with zero attached hydrogens (tertiary/aromatic N) is 2. The third kappa shape index (κ3) is 2.49. The molecule has 1 aliphatic carbocycles. The molecule has 1 aromatic carbocycles. The molecule has 5 heteroatoms. The van der Waals surface area contributed by atoms with Crippen molar-refractivity contribution in [2.24, 2.45) is 0 Å². The number of aromatic nitrogens is 2. The van der Waals surface area contributed by atoms with Gasteiger partial charge in [0.25, 0.3) is 0 Å². The number of nitrogens with one attached hydrogen (secondary N) is 2. The van der Waals surface area contributed by atoms with E-state index in [4.69, 9.17) is 0 Å². The summed E-state index contributed by atoms with van der Waals surface area (Å²) in [4.78, 5) is 4.09. The van der Waals surface area contributed by atoms with Crippen LogP contribution in [0.4, 0.5) is 5.82 Å². The molecule has 0 fully saturated rings. The fourth-order valence-electron chi connectivity index (χ4n) is 2.81. The number of rotatable bonds is 5. The zero-order valence-electron chi connectivity index (χ0n) is 11.6. The molecule has 0 spiro atoms. The van der Waals surface area contributed by atoms with Gasteiger partial charge in [0, 0.05) is 26.2 Å². The van der Waals surface area contributed by atoms with Gasteiger partial charge in [0.2, 0.25) is 5.88 Å². The monoisotopic (exact) mass is 272 g/mol. The van der Waals surface area contributed by atoms with E-state index < -0.39 is 0 Å². The fourth-order valence-corrected chi connectivity index (χ4v) is 2.81. The van der Waals surface area contributed by atoms with Crippen molar-refractivity contribution < 1.29 is 5.11 Å². The third-order valence-corrected chi connectivity index (χ3v) is 3.88. The smallest absolute Gasteiger partial charge is 0.236 e. The summed E-state index contributed by atoms with van der Waals surface area (Å²) in [6.45, 7) is 1.54. The number of benzene rings is 1. The summed E-state index contributed by atoms with van der Waals surface area (Å²) in [5.74, 6) is 0.724. The average Bonchev–Trinajstić information content (AvgIpc) is 3.02. The molecular weight excluding hydrogens is 252 g/mol.